The lowest BCUT2D eigenvalue weighted by Gasteiger charge is -2.31. The molecule has 3 aromatic rings. The first-order valence-electron chi connectivity index (χ1n) is 11.9. The standard InChI is InChI=1S/C28H28F2N2O4/c1-17-4-9-23(15-25(17)30)32-18(2)14-24(19(32)3)26(33)16-36-28(35)21-10-12-31(13-11-21)27(34)20-5-7-22(29)8-6-20/h4-9,14-15,21H,10-13,16H2,1-3H3. The second-order valence-corrected chi connectivity index (χ2v) is 9.16. The zero-order chi connectivity index (χ0) is 26.0. The van der Waals surface area contributed by atoms with Crippen molar-refractivity contribution in [2.45, 2.75) is 33.6 Å². The lowest BCUT2D eigenvalue weighted by Crippen LogP contribution is -2.40. The summed E-state index contributed by atoms with van der Waals surface area (Å²) < 4.78 is 34.3. The van der Waals surface area contributed by atoms with E-state index in [-0.39, 0.29) is 24.1 Å². The molecule has 8 heteroatoms. The summed E-state index contributed by atoms with van der Waals surface area (Å²) in [6.45, 7) is 5.64. The number of esters is 1. The number of Topliss-reactive ketones (excluding diaryl/α,β-unsaturated/α-hetero) is 1. The Bertz CT molecular complexity index is 1310. The number of ether oxygens (including phenoxy) is 1. The fourth-order valence-electron chi connectivity index (χ4n) is 4.59. The summed E-state index contributed by atoms with van der Waals surface area (Å²) in [6.07, 6.45) is 0.848. The molecule has 188 valence electrons. The molecule has 0 saturated carbocycles. The van der Waals surface area contributed by atoms with E-state index in [1.54, 1.807) is 41.5 Å². The molecule has 36 heavy (non-hydrogen) atoms. The molecule has 2 aromatic carbocycles. The van der Waals surface area contributed by atoms with Gasteiger partial charge in [0.15, 0.2) is 6.61 Å². The van der Waals surface area contributed by atoms with Gasteiger partial charge in [-0.3, -0.25) is 14.4 Å². The SMILES string of the molecule is Cc1ccc(-n2c(C)cc(C(=O)COC(=O)C3CCN(C(=O)c4ccc(F)cc4)CC3)c2C)cc1F. The number of carbonyl (C=O) groups is 3. The minimum absolute atomic E-state index is 0.208. The minimum atomic E-state index is -0.466. The van der Waals surface area contributed by atoms with Crippen molar-refractivity contribution in [2.24, 2.45) is 5.92 Å². The normalized spacial score (nSPS) is 14.1. The quantitative estimate of drug-likeness (QED) is 0.359. The van der Waals surface area contributed by atoms with E-state index in [4.69, 9.17) is 4.74 Å². The molecule has 1 fully saturated rings. The average Bonchev–Trinajstić information content (AvgIpc) is 3.18. The lowest BCUT2D eigenvalue weighted by molar-refractivity contribution is -0.148. The Morgan fingerprint density at radius 2 is 1.61 bits per heavy atom. The molecule has 0 N–H and O–H groups in total. The maximum atomic E-state index is 14.1. The molecule has 1 aliphatic heterocycles. The smallest absolute Gasteiger partial charge is 0.309 e. The number of hydrogen-bond acceptors (Lipinski definition) is 4. The Kier molecular flexibility index (Phi) is 7.33. The molecular weight excluding hydrogens is 466 g/mol. The van der Waals surface area contributed by atoms with Gasteiger partial charge in [-0.2, -0.15) is 0 Å². The third-order valence-corrected chi connectivity index (χ3v) is 6.70. The van der Waals surface area contributed by atoms with Crippen LogP contribution >= 0.6 is 0 Å². The molecule has 1 aliphatic rings. The fourth-order valence-corrected chi connectivity index (χ4v) is 4.59. The molecular formula is C28H28F2N2O4. The first-order chi connectivity index (χ1) is 17.2. The number of aryl methyl sites for hydroxylation is 2. The van der Waals surface area contributed by atoms with Crippen molar-refractivity contribution in [1.82, 2.24) is 9.47 Å². The highest BCUT2D eigenvalue weighted by molar-refractivity contribution is 5.99. The van der Waals surface area contributed by atoms with Crippen molar-refractivity contribution in [1.29, 1.82) is 0 Å². The van der Waals surface area contributed by atoms with Crippen LogP contribution in [0.5, 0.6) is 0 Å². The van der Waals surface area contributed by atoms with Crippen LogP contribution in [0.3, 0.4) is 0 Å². The monoisotopic (exact) mass is 494 g/mol. The molecule has 0 spiro atoms. The second kappa shape index (κ2) is 10.4. The Morgan fingerprint density at radius 1 is 0.944 bits per heavy atom. The number of ketones is 1. The van der Waals surface area contributed by atoms with Gasteiger partial charge in [0.1, 0.15) is 11.6 Å². The molecule has 1 saturated heterocycles. The van der Waals surface area contributed by atoms with Crippen molar-refractivity contribution in [3.05, 3.63) is 88.2 Å². The Balaban J connectivity index is 1.33. The Labute approximate surface area is 208 Å². The van der Waals surface area contributed by atoms with Crippen LogP contribution in [-0.4, -0.2) is 46.8 Å². The van der Waals surface area contributed by atoms with Gasteiger partial charge in [-0.1, -0.05) is 6.07 Å². The number of benzene rings is 2. The predicted octanol–water partition coefficient (Wildman–Crippen LogP) is 4.96. The molecule has 0 atom stereocenters. The summed E-state index contributed by atoms with van der Waals surface area (Å²) in [4.78, 5) is 39.7. The maximum Gasteiger partial charge on any atom is 0.309 e. The number of hydrogen-bond donors (Lipinski definition) is 0. The number of halogens is 2. The number of amides is 1. The molecule has 0 aliphatic carbocycles. The van der Waals surface area contributed by atoms with E-state index in [0.29, 0.717) is 54.0 Å². The topological polar surface area (TPSA) is 68.6 Å². The second-order valence-electron chi connectivity index (χ2n) is 9.16. The van der Waals surface area contributed by atoms with E-state index >= 15 is 0 Å². The van der Waals surface area contributed by atoms with Crippen LogP contribution in [0.4, 0.5) is 8.78 Å². The number of likely N-dealkylation sites (tertiary alicyclic amines) is 1. The first-order valence-corrected chi connectivity index (χ1v) is 11.9. The van der Waals surface area contributed by atoms with E-state index in [0.717, 1.165) is 5.69 Å². The third-order valence-electron chi connectivity index (χ3n) is 6.70. The van der Waals surface area contributed by atoms with Gasteiger partial charge in [0.2, 0.25) is 5.78 Å². The zero-order valence-electron chi connectivity index (χ0n) is 20.5. The van der Waals surface area contributed by atoms with Gasteiger partial charge < -0.3 is 14.2 Å². The summed E-state index contributed by atoms with van der Waals surface area (Å²) in [5.41, 5.74) is 3.38. The summed E-state index contributed by atoms with van der Waals surface area (Å²) in [5, 5.41) is 0. The van der Waals surface area contributed by atoms with Gasteiger partial charge >= 0.3 is 5.97 Å². The van der Waals surface area contributed by atoms with E-state index in [1.807, 2.05) is 6.92 Å². The van der Waals surface area contributed by atoms with Crippen molar-refractivity contribution < 1.29 is 27.9 Å². The Morgan fingerprint density at radius 3 is 2.25 bits per heavy atom. The molecule has 0 radical (unpaired) electrons. The van der Waals surface area contributed by atoms with Crippen LogP contribution in [0, 0.1) is 38.3 Å². The zero-order valence-corrected chi connectivity index (χ0v) is 20.5. The van der Waals surface area contributed by atoms with E-state index in [9.17, 15) is 23.2 Å². The van der Waals surface area contributed by atoms with Gasteiger partial charge in [-0.15, -0.1) is 0 Å². The van der Waals surface area contributed by atoms with Crippen LogP contribution in [0.15, 0.2) is 48.5 Å². The average molecular weight is 495 g/mol. The maximum absolute atomic E-state index is 14.1. The molecule has 1 amide bonds. The first kappa shape index (κ1) is 25.3. The van der Waals surface area contributed by atoms with Crippen molar-refractivity contribution >= 4 is 17.7 Å². The van der Waals surface area contributed by atoms with Gasteiger partial charge in [-0.05, 0) is 81.6 Å². The van der Waals surface area contributed by atoms with Crippen molar-refractivity contribution in [3.8, 4) is 5.69 Å². The Hall–Kier alpha value is -3.81. The molecule has 0 bridgehead atoms. The van der Waals surface area contributed by atoms with Crippen molar-refractivity contribution in [2.75, 3.05) is 19.7 Å². The fraction of sp³-hybridized carbons (Fsp3) is 0.321. The summed E-state index contributed by atoms with van der Waals surface area (Å²) in [7, 11) is 0. The molecule has 0 unspecified atom stereocenters. The predicted molar refractivity (Wildman–Crippen MR) is 130 cm³/mol. The number of piperidine rings is 1. The minimum Gasteiger partial charge on any atom is -0.457 e. The highest BCUT2D eigenvalue weighted by Gasteiger charge is 2.29. The van der Waals surface area contributed by atoms with Crippen LogP contribution in [0.25, 0.3) is 5.69 Å². The number of carbonyl (C=O) groups excluding carboxylic acids is 3. The van der Waals surface area contributed by atoms with Gasteiger partial charge in [-0.25, -0.2) is 8.78 Å². The molecule has 4 rings (SSSR count). The lowest BCUT2D eigenvalue weighted by atomic mass is 9.96. The summed E-state index contributed by atoms with van der Waals surface area (Å²) in [6, 6.07) is 12.0. The van der Waals surface area contributed by atoms with Crippen LogP contribution in [0.2, 0.25) is 0 Å². The number of rotatable bonds is 6. The van der Waals surface area contributed by atoms with Crippen molar-refractivity contribution in [3.63, 3.8) is 0 Å². The highest BCUT2D eigenvalue weighted by atomic mass is 19.1. The number of nitrogens with zero attached hydrogens (tertiary/aromatic N) is 2. The van der Waals surface area contributed by atoms with E-state index < -0.39 is 17.7 Å². The molecule has 2 heterocycles. The number of aromatic nitrogens is 1. The molecule has 6 nitrogen and oxygen atoms in total. The van der Waals surface area contributed by atoms with Crippen LogP contribution in [-0.2, 0) is 9.53 Å². The summed E-state index contributed by atoms with van der Waals surface area (Å²) in [5.74, 6) is -2.15. The van der Waals surface area contributed by atoms with Crippen LogP contribution < -0.4 is 0 Å². The highest BCUT2D eigenvalue weighted by Crippen LogP contribution is 2.24. The van der Waals surface area contributed by atoms with Gasteiger partial charge in [0.05, 0.1) is 5.92 Å². The largest absolute Gasteiger partial charge is 0.457 e. The van der Waals surface area contributed by atoms with E-state index in [2.05, 4.69) is 0 Å². The van der Waals surface area contributed by atoms with Crippen LogP contribution in [0.1, 0.15) is 50.5 Å². The van der Waals surface area contributed by atoms with E-state index in [1.165, 1.54) is 30.3 Å². The van der Waals surface area contributed by atoms with Gasteiger partial charge in [0, 0.05) is 41.3 Å². The summed E-state index contributed by atoms with van der Waals surface area (Å²) >= 11 is 0. The van der Waals surface area contributed by atoms with Gasteiger partial charge in [0.25, 0.3) is 5.91 Å². The third kappa shape index (κ3) is 5.22. The molecule has 1 aromatic heterocycles.